The zero-order chi connectivity index (χ0) is 54.3. The van der Waals surface area contributed by atoms with Gasteiger partial charge in [-0.25, -0.2) is 0 Å². The van der Waals surface area contributed by atoms with Crippen molar-refractivity contribution in [1.82, 2.24) is 0 Å². The van der Waals surface area contributed by atoms with Gasteiger partial charge < -0.3 is 43.1 Å². The first-order valence-corrected chi connectivity index (χ1v) is 36.4. The quantitative estimate of drug-likeness (QED) is 0.0324. The first-order chi connectivity index (χ1) is 34.6. The molecule has 448 valence electrons. The molecule has 0 aliphatic rings. The Kier molecular flexibility index (Phi) is 72.5. The van der Waals surface area contributed by atoms with Crippen LogP contribution in [0, 0.1) is 0 Å². The van der Waals surface area contributed by atoms with Gasteiger partial charge in [0.15, 0.2) is 0 Å². The Morgan fingerprint density at radius 2 is 0.297 bits per heavy atom. The van der Waals surface area contributed by atoms with Crippen LogP contribution < -0.4 is 29.4 Å². The summed E-state index contributed by atoms with van der Waals surface area (Å²) in [6.07, 6.45) is 56.7. The maximum absolute atomic E-state index is 11.4. The summed E-state index contributed by atoms with van der Waals surface area (Å²) < 4.78 is 34.3. The van der Waals surface area contributed by atoms with Gasteiger partial charge in [-0.1, -0.05) is 353 Å². The molecule has 0 aliphatic heterocycles. The van der Waals surface area contributed by atoms with E-state index in [9.17, 15) is 43.1 Å². The maximum Gasteiger partial charge on any atom is 3.00 e. The summed E-state index contributed by atoms with van der Waals surface area (Å²) in [5.74, 6) is 0. The molecule has 0 fully saturated rings. The third-order valence-electron chi connectivity index (χ3n) is 14.9. The number of hydrogen-bond acceptors (Lipinski definition) is 9. The molecule has 0 N–H and O–H groups in total. The van der Waals surface area contributed by atoms with Crippen LogP contribution in [0.25, 0.3) is 0 Å². The molecule has 0 spiro atoms. The molecule has 0 heterocycles. The van der Waals surface area contributed by atoms with Crippen LogP contribution >= 0.6 is 22.8 Å². The van der Waals surface area contributed by atoms with Crippen molar-refractivity contribution < 1.29 is 77.2 Å². The van der Waals surface area contributed by atoms with E-state index in [1.54, 1.807) is 0 Å². The van der Waals surface area contributed by atoms with Crippen molar-refractivity contribution in [3.8, 4) is 0 Å². The molecule has 3 unspecified atom stereocenters. The van der Waals surface area contributed by atoms with Crippen molar-refractivity contribution in [3.05, 3.63) is 0 Å². The monoisotopic (exact) mass is 1190 g/mol. The van der Waals surface area contributed by atoms with Gasteiger partial charge in [-0.2, -0.15) is 0 Å². The fourth-order valence-corrected chi connectivity index (χ4v) is 12.9. The van der Waals surface area contributed by atoms with Crippen molar-refractivity contribution in [1.29, 1.82) is 0 Å². The largest absolute Gasteiger partial charge is 3.00 e. The minimum atomic E-state index is -4.41. The number of hydrogen-bond donors (Lipinski definition) is 0. The molecule has 0 aliphatic carbocycles. The average molecular weight is 1190 g/mol. The Balaban J connectivity index is -0.000000317. The molecule has 0 aromatic rings. The first-order valence-electron chi connectivity index (χ1n) is 31.6. The van der Waals surface area contributed by atoms with Gasteiger partial charge in [0.2, 0.25) is 0 Å². The molecule has 9 nitrogen and oxygen atoms in total. The van der Waals surface area contributed by atoms with E-state index in [2.05, 4.69) is 41.5 Å². The van der Waals surface area contributed by atoms with Crippen LogP contribution in [0.5, 0.6) is 0 Å². The number of unbranched alkanes of at least 4 members (excludes halogenated alkanes) is 39. The average Bonchev–Trinajstić information content (AvgIpc) is 3.32. The molecule has 74 heavy (non-hydrogen) atoms. The molecule has 3 atom stereocenters. The molecule has 2 radical (unpaired) electrons. The SMILES string of the molecule is CCCCCCCCCCC(CCCCCCCCC)P(=O)([O-])[O-].CCCCCCCCCCC(CCCCCCCCC)P(=O)([O-])[O-].CCCCCCCCCCC(CCCCCCCCC)P(=O)([O-])[O-].[Fe+3].[Fe+3]. The summed E-state index contributed by atoms with van der Waals surface area (Å²) in [7, 11) is -13.2. The minimum absolute atomic E-state index is 0. The summed E-state index contributed by atoms with van der Waals surface area (Å²) in [5.41, 5.74) is -1.85. The fourth-order valence-electron chi connectivity index (χ4n) is 9.93. The molecule has 0 saturated carbocycles. The molecule has 0 bridgehead atoms. The van der Waals surface area contributed by atoms with E-state index in [4.69, 9.17) is 0 Å². The van der Waals surface area contributed by atoms with Crippen molar-refractivity contribution in [2.24, 2.45) is 0 Å². The van der Waals surface area contributed by atoms with Crippen LogP contribution in [0.15, 0.2) is 0 Å². The summed E-state index contributed by atoms with van der Waals surface area (Å²) >= 11 is 0. The topological polar surface area (TPSA) is 190 Å². The Hall–Kier alpha value is 1.49. The molecule has 0 aromatic heterocycles. The molecule has 0 rings (SSSR count). The van der Waals surface area contributed by atoms with E-state index in [0.717, 1.165) is 77.0 Å². The van der Waals surface area contributed by atoms with Crippen LogP contribution in [-0.4, -0.2) is 17.0 Å². The molecule has 0 saturated heterocycles. The predicted molar refractivity (Wildman–Crippen MR) is 304 cm³/mol. The van der Waals surface area contributed by atoms with Gasteiger partial charge >= 0.3 is 34.1 Å². The standard InChI is InChI=1S/3C20H43O3P.2Fe/c3*1-3-5-7-9-11-13-15-17-19-20(24(21,22)23)18-16-14-12-10-8-6-4-2;;/h3*20H,3-19H2,1-2H3,(H2,21,22,23);;/q;;;2*+3/p-6. The fraction of sp³-hybridized carbons (Fsp3) is 1.00. The van der Waals surface area contributed by atoms with Gasteiger partial charge in [0.05, 0.1) is 0 Å². The molecule has 0 amide bonds. The number of rotatable bonds is 54. The van der Waals surface area contributed by atoms with E-state index in [1.165, 1.54) is 212 Å². The minimum Gasteiger partial charge on any atom is -0.811 e. The van der Waals surface area contributed by atoms with E-state index in [-0.39, 0.29) is 34.1 Å². The second-order valence-corrected chi connectivity index (χ2v) is 27.5. The van der Waals surface area contributed by atoms with E-state index in [0.29, 0.717) is 38.5 Å². The Labute approximate surface area is 483 Å². The van der Waals surface area contributed by atoms with Crippen LogP contribution in [0.1, 0.15) is 369 Å². The second-order valence-electron chi connectivity index (χ2n) is 22.1. The summed E-state index contributed by atoms with van der Waals surface area (Å²) in [6, 6.07) is 0. The van der Waals surface area contributed by atoms with Gasteiger partial charge in [-0.05, 0) is 55.5 Å². The molecule has 14 heteroatoms. The van der Waals surface area contributed by atoms with Gasteiger partial charge in [0, 0.05) is 0 Å². The molecule has 0 aromatic carbocycles. The smallest absolute Gasteiger partial charge is 0.811 e. The third kappa shape index (κ3) is 66.0. The van der Waals surface area contributed by atoms with Crippen LogP contribution in [0.2, 0.25) is 0 Å². The summed E-state index contributed by atoms with van der Waals surface area (Å²) in [4.78, 5) is 68.7. The third-order valence-corrected chi connectivity index (χ3v) is 19.2. The van der Waals surface area contributed by atoms with Crippen molar-refractivity contribution in [2.45, 2.75) is 386 Å². The Bertz CT molecular complexity index is 1060. The molecular weight excluding hydrogens is 1070 g/mol. The zero-order valence-corrected chi connectivity index (χ0v) is 54.4. The van der Waals surface area contributed by atoms with E-state index in [1.807, 2.05) is 0 Å². The zero-order valence-electron chi connectivity index (χ0n) is 49.5. The van der Waals surface area contributed by atoms with Crippen molar-refractivity contribution in [3.63, 3.8) is 0 Å². The van der Waals surface area contributed by atoms with Crippen LogP contribution in [0.3, 0.4) is 0 Å². The Morgan fingerprint density at radius 3 is 0.392 bits per heavy atom. The normalized spacial score (nSPS) is 13.0. The van der Waals surface area contributed by atoms with Crippen molar-refractivity contribution >= 4 is 22.8 Å². The van der Waals surface area contributed by atoms with Gasteiger partial charge in [0.25, 0.3) is 0 Å². The molecular formula is C60H123Fe2O9P3. The van der Waals surface area contributed by atoms with E-state index >= 15 is 0 Å². The summed E-state index contributed by atoms with van der Waals surface area (Å²) in [6.45, 7) is 13.3. The first kappa shape index (κ1) is 84.3. The van der Waals surface area contributed by atoms with Crippen LogP contribution in [-0.2, 0) is 47.8 Å². The Morgan fingerprint density at radius 1 is 0.203 bits per heavy atom. The van der Waals surface area contributed by atoms with Gasteiger partial charge in [0.1, 0.15) is 0 Å². The van der Waals surface area contributed by atoms with Gasteiger partial charge in [-0.3, -0.25) is 0 Å². The van der Waals surface area contributed by atoms with Crippen LogP contribution in [0.4, 0.5) is 0 Å². The van der Waals surface area contributed by atoms with Crippen molar-refractivity contribution in [2.75, 3.05) is 0 Å². The maximum atomic E-state index is 11.4. The van der Waals surface area contributed by atoms with Gasteiger partial charge in [-0.15, -0.1) is 0 Å². The summed E-state index contributed by atoms with van der Waals surface area (Å²) in [5, 5.41) is 0. The predicted octanol–water partition coefficient (Wildman–Crippen LogP) is 17.8. The second kappa shape index (κ2) is 63.7. The van der Waals surface area contributed by atoms with E-state index < -0.39 is 39.8 Å².